The van der Waals surface area contributed by atoms with Crippen LogP contribution in [-0.4, -0.2) is 87.2 Å². The third-order valence-corrected chi connectivity index (χ3v) is 10.0. The van der Waals surface area contributed by atoms with Gasteiger partial charge in [-0.1, -0.05) is 0 Å². The third-order valence-electron chi connectivity index (χ3n) is 8.02. The third kappa shape index (κ3) is 6.23. The van der Waals surface area contributed by atoms with Gasteiger partial charge in [-0.2, -0.15) is 9.40 Å². The zero-order chi connectivity index (χ0) is 30.9. The number of aromatic nitrogens is 2. The molecular weight excluding hydrogens is 580 g/mol. The van der Waals surface area contributed by atoms with Crippen molar-refractivity contribution in [1.82, 2.24) is 19.4 Å². The molecule has 3 N–H and O–H groups in total. The van der Waals surface area contributed by atoms with E-state index in [1.54, 1.807) is 27.0 Å². The molecule has 0 bridgehead atoms. The predicted octanol–water partition coefficient (Wildman–Crippen LogP) is 3.58. The van der Waals surface area contributed by atoms with E-state index in [4.69, 9.17) is 4.74 Å². The number of carbonyl (C=O) groups excluding carboxylic acids is 1. The van der Waals surface area contributed by atoms with Gasteiger partial charge in [0.15, 0.2) is 5.82 Å². The minimum Gasteiger partial charge on any atom is -0.385 e. The van der Waals surface area contributed by atoms with E-state index >= 15 is 0 Å². The van der Waals surface area contributed by atoms with Crippen LogP contribution in [0.2, 0.25) is 0 Å². The van der Waals surface area contributed by atoms with Crippen LogP contribution >= 0.6 is 0 Å². The molecule has 43 heavy (non-hydrogen) atoms. The van der Waals surface area contributed by atoms with Gasteiger partial charge in [-0.05, 0) is 57.6 Å². The Morgan fingerprint density at radius 3 is 2.47 bits per heavy atom. The van der Waals surface area contributed by atoms with E-state index in [9.17, 15) is 22.0 Å². The number of likely N-dealkylation sites (N-methyl/N-ethyl adjacent to an activating group) is 1. The number of rotatable bonds is 10. The van der Waals surface area contributed by atoms with Crippen LogP contribution in [0.3, 0.4) is 0 Å². The summed E-state index contributed by atoms with van der Waals surface area (Å²) >= 11 is 0. The maximum Gasteiger partial charge on any atom is 0.258 e. The zero-order valence-electron chi connectivity index (χ0n) is 24.7. The van der Waals surface area contributed by atoms with Crippen LogP contribution in [0.15, 0.2) is 41.3 Å². The van der Waals surface area contributed by atoms with E-state index in [1.807, 2.05) is 12.1 Å². The second-order valence-electron chi connectivity index (χ2n) is 11.3. The first-order valence-electron chi connectivity index (χ1n) is 14.1. The Morgan fingerprint density at radius 1 is 1.09 bits per heavy atom. The summed E-state index contributed by atoms with van der Waals surface area (Å²) in [6, 6.07) is 7.85. The van der Waals surface area contributed by atoms with Crippen LogP contribution < -0.4 is 15.5 Å². The number of aromatic amines is 1. The van der Waals surface area contributed by atoms with Gasteiger partial charge in [-0.15, -0.1) is 0 Å². The fourth-order valence-electron chi connectivity index (χ4n) is 5.54. The quantitative estimate of drug-likeness (QED) is 0.295. The first kappa shape index (κ1) is 30.9. The van der Waals surface area contributed by atoms with Gasteiger partial charge >= 0.3 is 0 Å². The van der Waals surface area contributed by atoms with Crippen molar-refractivity contribution < 1.29 is 26.7 Å². The topological polar surface area (TPSA) is 123 Å². The number of ether oxygens (including phenoxy) is 1. The summed E-state index contributed by atoms with van der Waals surface area (Å²) in [5.41, 5.74) is 1.90. The molecule has 5 rings (SSSR count). The van der Waals surface area contributed by atoms with E-state index in [1.165, 1.54) is 0 Å². The number of H-pyrrole nitrogens is 1. The Balaban J connectivity index is 1.40. The molecule has 1 fully saturated rings. The van der Waals surface area contributed by atoms with Crippen LogP contribution in [0.25, 0.3) is 0 Å². The molecule has 0 saturated carbocycles. The van der Waals surface area contributed by atoms with Crippen LogP contribution in [-0.2, 0) is 26.8 Å². The van der Waals surface area contributed by atoms with Gasteiger partial charge in [-0.3, -0.25) is 9.89 Å². The summed E-state index contributed by atoms with van der Waals surface area (Å²) < 4.78 is 61.1. The van der Waals surface area contributed by atoms with Gasteiger partial charge in [0.25, 0.3) is 5.91 Å². The van der Waals surface area contributed by atoms with Gasteiger partial charge in [0.05, 0.1) is 21.7 Å². The highest BCUT2D eigenvalue weighted by molar-refractivity contribution is 7.89. The summed E-state index contributed by atoms with van der Waals surface area (Å²) in [6.45, 7) is 7.98. The number of sulfonamides is 1. The number of amides is 1. The fraction of sp³-hybridized carbons (Fsp3) is 0.448. The summed E-state index contributed by atoms with van der Waals surface area (Å²) in [5.74, 6) is -2.22. The van der Waals surface area contributed by atoms with Crippen molar-refractivity contribution in [3.63, 3.8) is 0 Å². The van der Waals surface area contributed by atoms with Crippen molar-refractivity contribution in [2.75, 3.05) is 69.0 Å². The van der Waals surface area contributed by atoms with Gasteiger partial charge < -0.3 is 25.2 Å². The Morgan fingerprint density at radius 2 is 1.79 bits per heavy atom. The smallest absolute Gasteiger partial charge is 0.258 e. The molecule has 2 aliphatic rings. The minimum atomic E-state index is -4.30. The van der Waals surface area contributed by atoms with Gasteiger partial charge in [-0.25, -0.2) is 17.2 Å². The van der Waals surface area contributed by atoms with Crippen molar-refractivity contribution in [3.8, 4) is 0 Å². The number of nitrogens with one attached hydrogen (secondary N) is 3. The van der Waals surface area contributed by atoms with Crippen LogP contribution in [0, 0.1) is 11.6 Å². The highest BCUT2D eigenvalue weighted by Crippen LogP contribution is 2.44. The molecule has 0 radical (unpaired) electrons. The number of methoxy groups -OCH3 is 1. The number of carbonyl (C=O) groups is 1. The molecule has 0 unspecified atom stereocenters. The van der Waals surface area contributed by atoms with E-state index < -0.39 is 38.0 Å². The molecule has 0 atom stereocenters. The number of hydrogen-bond acceptors (Lipinski definition) is 8. The molecule has 0 spiro atoms. The molecule has 1 amide bonds. The first-order chi connectivity index (χ1) is 20.4. The molecule has 1 saturated heterocycles. The maximum atomic E-state index is 13.9. The zero-order valence-corrected chi connectivity index (χ0v) is 25.5. The Kier molecular flexibility index (Phi) is 8.75. The molecule has 3 aromatic rings. The van der Waals surface area contributed by atoms with Crippen molar-refractivity contribution in [2.45, 2.75) is 37.2 Å². The lowest BCUT2D eigenvalue weighted by Crippen LogP contribution is -2.44. The van der Waals surface area contributed by atoms with E-state index in [0.717, 1.165) is 54.7 Å². The molecule has 0 aliphatic carbocycles. The van der Waals surface area contributed by atoms with Crippen LogP contribution in [0.5, 0.6) is 0 Å². The van der Waals surface area contributed by atoms with E-state index in [2.05, 4.69) is 37.7 Å². The minimum absolute atomic E-state index is 0.153. The fourth-order valence-corrected chi connectivity index (χ4v) is 7.31. The number of halogens is 2. The van der Waals surface area contributed by atoms with Crippen molar-refractivity contribution in [1.29, 1.82) is 0 Å². The Hall–Kier alpha value is -3.59. The summed E-state index contributed by atoms with van der Waals surface area (Å²) in [7, 11) is -0.570. The number of nitrogens with zero attached hydrogens (tertiary/aromatic N) is 4. The lowest BCUT2D eigenvalue weighted by Gasteiger charge is -2.34. The highest BCUT2D eigenvalue weighted by atomic mass is 32.2. The number of fused-ring (bicyclic) bond motifs is 1. The second-order valence-corrected chi connectivity index (χ2v) is 13.2. The molecule has 11 nitrogen and oxygen atoms in total. The van der Waals surface area contributed by atoms with Gasteiger partial charge in [0.1, 0.15) is 11.6 Å². The number of hydrogen-bond donors (Lipinski definition) is 3. The lowest BCUT2D eigenvalue weighted by molar-refractivity contribution is 0.102. The Labute approximate surface area is 250 Å². The maximum absolute atomic E-state index is 13.9. The van der Waals surface area contributed by atoms with Crippen molar-refractivity contribution in [3.05, 3.63) is 64.9 Å². The molecule has 2 aliphatic heterocycles. The summed E-state index contributed by atoms with van der Waals surface area (Å²) in [6.07, 6.45) is 0.748. The van der Waals surface area contributed by atoms with E-state index in [-0.39, 0.29) is 12.4 Å². The average molecular weight is 618 g/mol. The number of piperazine rings is 1. The summed E-state index contributed by atoms with van der Waals surface area (Å²) in [5, 5.41) is 13.4. The van der Waals surface area contributed by atoms with Crippen LogP contribution in [0.4, 0.5) is 26.0 Å². The molecule has 3 heterocycles. The molecule has 2 aromatic carbocycles. The molecule has 14 heteroatoms. The van der Waals surface area contributed by atoms with Crippen molar-refractivity contribution in [2.24, 2.45) is 0 Å². The normalized spacial score (nSPS) is 17.2. The number of benzene rings is 2. The second kappa shape index (κ2) is 12.2. The lowest BCUT2D eigenvalue weighted by atomic mass is 10.0. The van der Waals surface area contributed by atoms with Crippen LogP contribution in [0.1, 0.15) is 41.9 Å². The van der Waals surface area contributed by atoms with Crippen molar-refractivity contribution >= 4 is 33.1 Å². The van der Waals surface area contributed by atoms with Gasteiger partial charge in [0.2, 0.25) is 10.0 Å². The molecular formula is C29H37F2N7O4S. The number of anilines is 3. The monoisotopic (exact) mass is 617 g/mol. The summed E-state index contributed by atoms with van der Waals surface area (Å²) in [4.78, 5) is 17.7. The average Bonchev–Trinajstić information content (AvgIpc) is 3.48. The van der Waals surface area contributed by atoms with E-state index in [0.29, 0.717) is 41.7 Å². The molecule has 232 valence electrons. The Bertz CT molecular complexity index is 1580. The highest BCUT2D eigenvalue weighted by Gasteiger charge is 2.48. The largest absolute Gasteiger partial charge is 0.385 e. The standard InChI is InChI=1S/C29H37F2N7O4S/c1-29(2)26-24(18-38(29)43(40,41)22-15-19(30)14-20(31)16-22)27(35-34-26)33-28(39)23-7-6-21(37-11-9-36(3)10-12-37)17-25(23)32-8-5-13-42-4/h6-7,14-17,32H,5,8-13,18H2,1-4H3,(H2,33,34,35,39). The predicted molar refractivity (Wildman–Crippen MR) is 160 cm³/mol. The molecule has 1 aromatic heterocycles. The first-order valence-corrected chi connectivity index (χ1v) is 15.5. The van der Waals surface area contributed by atoms with Gasteiger partial charge in [0, 0.05) is 76.0 Å². The SMILES string of the molecule is COCCCNc1cc(N2CCN(C)CC2)ccc1C(=O)Nc1n[nH]c2c1CN(S(=O)(=O)c1cc(F)cc(F)c1)C2(C)C.